The number of nitrogens with one attached hydrogen (secondary N) is 1. The maximum Gasteiger partial charge on any atom is 0.317 e. The Balaban J connectivity index is 1.57. The Bertz CT molecular complexity index is 589. The number of carbonyl (C=O) groups is 2. The summed E-state index contributed by atoms with van der Waals surface area (Å²) in [4.78, 5) is 27.7. The number of ether oxygens (including phenoxy) is 2. The van der Waals surface area contributed by atoms with Crippen molar-refractivity contribution in [1.29, 1.82) is 0 Å². The van der Waals surface area contributed by atoms with Crippen LogP contribution in [0.5, 0.6) is 11.5 Å². The summed E-state index contributed by atoms with van der Waals surface area (Å²) >= 11 is 0. The first-order chi connectivity index (χ1) is 11.1. The zero-order valence-electron chi connectivity index (χ0n) is 13.3. The molecular weight excluding hydrogens is 298 g/mol. The third-order valence-electron chi connectivity index (χ3n) is 4.26. The van der Waals surface area contributed by atoms with Crippen molar-refractivity contribution in [3.63, 3.8) is 0 Å². The van der Waals surface area contributed by atoms with Gasteiger partial charge in [0, 0.05) is 26.2 Å². The fraction of sp³-hybridized carbons (Fsp3) is 0.500. The molecule has 3 rings (SSSR count). The van der Waals surface area contributed by atoms with Gasteiger partial charge in [-0.2, -0.15) is 0 Å². The van der Waals surface area contributed by atoms with Gasteiger partial charge < -0.3 is 24.6 Å². The van der Waals surface area contributed by atoms with Crippen LogP contribution in [0.3, 0.4) is 0 Å². The molecule has 2 saturated heterocycles. The van der Waals surface area contributed by atoms with Crippen molar-refractivity contribution < 1.29 is 19.1 Å². The highest BCUT2D eigenvalue weighted by molar-refractivity contribution is 5.82. The molecule has 1 N–H and O–H groups in total. The number of amides is 3. The number of piperazine rings is 1. The van der Waals surface area contributed by atoms with Crippen molar-refractivity contribution in [2.45, 2.75) is 19.1 Å². The molecule has 1 aromatic carbocycles. The second-order valence-corrected chi connectivity index (χ2v) is 5.75. The number of hydrogen-bond acceptors (Lipinski definition) is 4. The van der Waals surface area contributed by atoms with E-state index in [0.29, 0.717) is 31.9 Å². The first-order valence-electron chi connectivity index (χ1n) is 7.72. The quantitative estimate of drug-likeness (QED) is 0.887. The van der Waals surface area contributed by atoms with Crippen LogP contribution in [0.2, 0.25) is 0 Å². The molecule has 0 unspecified atom stereocenters. The molecule has 7 nitrogen and oxygen atoms in total. The van der Waals surface area contributed by atoms with E-state index in [9.17, 15) is 9.59 Å². The Morgan fingerprint density at radius 1 is 1.26 bits per heavy atom. The zero-order valence-corrected chi connectivity index (χ0v) is 13.3. The molecule has 0 bridgehead atoms. The average molecular weight is 319 g/mol. The van der Waals surface area contributed by atoms with E-state index in [1.165, 1.54) is 0 Å². The predicted octanol–water partition coefficient (Wildman–Crippen LogP) is 0.698. The number of rotatable bonds is 4. The monoisotopic (exact) mass is 319 g/mol. The van der Waals surface area contributed by atoms with Gasteiger partial charge in [-0.15, -0.1) is 0 Å². The van der Waals surface area contributed by atoms with Gasteiger partial charge in [-0.05, 0) is 31.2 Å². The Morgan fingerprint density at radius 2 is 1.96 bits per heavy atom. The Kier molecular flexibility index (Phi) is 4.27. The molecule has 23 heavy (non-hydrogen) atoms. The van der Waals surface area contributed by atoms with Gasteiger partial charge in [0.2, 0.25) is 0 Å². The van der Waals surface area contributed by atoms with Crippen LogP contribution in [0.25, 0.3) is 0 Å². The number of nitrogens with zero attached hydrogens (tertiary/aromatic N) is 2. The van der Waals surface area contributed by atoms with Crippen molar-refractivity contribution >= 4 is 11.9 Å². The van der Waals surface area contributed by atoms with Gasteiger partial charge in [0.25, 0.3) is 5.91 Å². The lowest BCUT2D eigenvalue weighted by molar-refractivity contribution is -0.140. The van der Waals surface area contributed by atoms with Gasteiger partial charge in [-0.3, -0.25) is 4.79 Å². The second kappa shape index (κ2) is 6.36. The summed E-state index contributed by atoms with van der Waals surface area (Å²) in [6, 6.07) is 7.17. The third-order valence-corrected chi connectivity index (χ3v) is 4.26. The summed E-state index contributed by atoms with van der Waals surface area (Å²) in [5.41, 5.74) is 0. The lowest BCUT2D eigenvalue weighted by Crippen LogP contribution is -2.56. The van der Waals surface area contributed by atoms with Crippen LogP contribution in [0.4, 0.5) is 4.79 Å². The Labute approximate surface area is 135 Å². The van der Waals surface area contributed by atoms with Gasteiger partial charge >= 0.3 is 6.03 Å². The summed E-state index contributed by atoms with van der Waals surface area (Å²) < 4.78 is 10.8. The fourth-order valence-electron chi connectivity index (χ4n) is 2.97. The van der Waals surface area contributed by atoms with Crippen LogP contribution in [0.15, 0.2) is 24.3 Å². The standard InChI is InChI=1S/C16H21N3O4/c1-11(23-14-5-3-13(22-2)4-6-14)15(20)18-7-8-19-12(10-18)9-17-16(19)21/h3-6,11-12H,7-10H2,1-2H3,(H,17,21)/t11-,12+/m0/s1. The lowest BCUT2D eigenvalue weighted by Gasteiger charge is -2.37. The number of hydrogen-bond donors (Lipinski definition) is 1. The van der Waals surface area contributed by atoms with E-state index in [1.807, 2.05) is 0 Å². The Morgan fingerprint density at radius 3 is 2.65 bits per heavy atom. The van der Waals surface area contributed by atoms with E-state index < -0.39 is 6.10 Å². The van der Waals surface area contributed by atoms with Crippen molar-refractivity contribution in [3.05, 3.63) is 24.3 Å². The van der Waals surface area contributed by atoms with Crippen LogP contribution in [0, 0.1) is 0 Å². The van der Waals surface area contributed by atoms with Crippen molar-refractivity contribution in [3.8, 4) is 11.5 Å². The highest BCUT2D eigenvalue weighted by Gasteiger charge is 2.38. The van der Waals surface area contributed by atoms with Crippen LogP contribution in [-0.2, 0) is 4.79 Å². The van der Waals surface area contributed by atoms with Crippen LogP contribution < -0.4 is 14.8 Å². The molecular formula is C16H21N3O4. The van der Waals surface area contributed by atoms with Gasteiger partial charge in [-0.25, -0.2) is 4.79 Å². The molecule has 3 amide bonds. The van der Waals surface area contributed by atoms with Crippen LogP contribution >= 0.6 is 0 Å². The van der Waals surface area contributed by atoms with E-state index in [4.69, 9.17) is 9.47 Å². The lowest BCUT2D eigenvalue weighted by atomic mass is 10.2. The highest BCUT2D eigenvalue weighted by atomic mass is 16.5. The molecule has 0 aliphatic carbocycles. The maximum absolute atomic E-state index is 12.5. The molecule has 2 aliphatic heterocycles. The third kappa shape index (κ3) is 3.18. The number of fused-ring (bicyclic) bond motifs is 1. The highest BCUT2D eigenvalue weighted by Crippen LogP contribution is 2.20. The summed E-state index contributed by atoms with van der Waals surface area (Å²) in [6.45, 7) is 4.00. The SMILES string of the molecule is COc1ccc(O[C@@H](C)C(=O)N2CCN3C(=O)NC[C@@H]3C2)cc1. The first kappa shape index (κ1) is 15.5. The van der Waals surface area contributed by atoms with Crippen molar-refractivity contribution in [2.24, 2.45) is 0 Å². The van der Waals surface area contributed by atoms with Gasteiger partial charge in [0.1, 0.15) is 11.5 Å². The molecule has 1 aromatic rings. The summed E-state index contributed by atoms with van der Waals surface area (Å²) in [5.74, 6) is 1.31. The van der Waals surface area contributed by atoms with Crippen molar-refractivity contribution in [1.82, 2.24) is 15.1 Å². The molecule has 2 atom stereocenters. The fourth-order valence-corrected chi connectivity index (χ4v) is 2.97. The predicted molar refractivity (Wildman–Crippen MR) is 83.6 cm³/mol. The van der Waals surface area contributed by atoms with Crippen LogP contribution in [-0.4, -0.2) is 67.2 Å². The molecule has 0 aromatic heterocycles. The van der Waals surface area contributed by atoms with E-state index in [0.717, 1.165) is 5.75 Å². The largest absolute Gasteiger partial charge is 0.497 e. The number of benzene rings is 1. The molecule has 0 saturated carbocycles. The van der Waals surface area contributed by atoms with E-state index in [2.05, 4.69) is 5.32 Å². The topological polar surface area (TPSA) is 71.1 Å². The minimum absolute atomic E-state index is 0.0374. The average Bonchev–Trinajstić information content (AvgIpc) is 2.95. The molecule has 2 fully saturated rings. The minimum atomic E-state index is -0.569. The second-order valence-electron chi connectivity index (χ2n) is 5.75. The van der Waals surface area contributed by atoms with E-state index in [1.54, 1.807) is 48.1 Å². The number of urea groups is 1. The maximum atomic E-state index is 12.5. The molecule has 0 spiro atoms. The van der Waals surface area contributed by atoms with Gasteiger partial charge in [0.05, 0.1) is 13.2 Å². The molecule has 0 radical (unpaired) electrons. The van der Waals surface area contributed by atoms with Crippen molar-refractivity contribution in [2.75, 3.05) is 33.3 Å². The summed E-state index contributed by atoms with van der Waals surface area (Å²) in [6.07, 6.45) is -0.569. The van der Waals surface area contributed by atoms with E-state index >= 15 is 0 Å². The molecule has 124 valence electrons. The smallest absolute Gasteiger partial charge is 0.317 e. The minimum Gasteiger partial charge on any atom is -0.497 e. The number of carbonyl (C=O) groups excluding carboxylic acids is 2. The van der Waals surface area contributed by atoms with Gasteiger partial charge in [0.15, 0.2) is 6.10 Å². The van der Waals surface area contributed by atoms with Gasteiger partial charge in [-0.1, -0.05) is 0 Å². The summed E-state index contributed by atoms with van der Waals surface area (Å²) in [5, 5.41) is 2.81. The molecule has 2 heterocycles. The molecule has 7 heteroatoms. The molecule has 2 aliphatic rings. The zero-order chi connectivity index (χ0) is 16.4. The number of methoxy groups -OCH3 is 1. The Hall–Kier alpha value is -2.44. The van der Waals surface area contributed by atoms with E-state index in [-0.39, 0.29) is 18.0 Å². The first-order valence-corrected chi connectivity index (χ1v) is 7.72. The summed E-state index contributed by atoms with van der Waals surface area (Å²) in [7, 11) is 1.60. The van der Waals surface area contributed by atoms with Crippen LogP contribution in [0.1, 0.15) is 6.92 Å². The normalized spacial score (nSPS) is 21.5.